The second kappa shape index (κ2) is 11.2. The van der Waals surface area contributed by atoms with Crippen LogP contribution in [0.25, 0.3) is 0 Å². The molecular formula is C24H32N2O3. The Bertz CT molecular complexity index is 802. The van der Waals surface area contributed by atoms with E-state index < -0.39 is 6.04 Å². The van der Waals surface area contributed by atoms with Gasteiger partial charge >= 0.3 is 0 Å². The van der Waals surface area contributed by atoms with Crippen molar-refractivity contribution >= 4 is 11.8 Å². The number of hydrogen-bond acceptors (Lipinski definition) is 3. The second-order valence-electron chi connectivity index (χ2n) is 7.33. The molecule has 0 radical (unpaired) electrons. The minimum absolute atomic E-state index is 0.104. The van der Waals surface area contributed by atoms with Crippen molar-refractivity contribution < 1.29 is 14.3 Å². The lowest BCUT2D eigenvalue weighted by atomic mass is 10.1. The summed E-state index contributed by atoms with van der Waals surface area (Å²) < 4.78 is 5.72. The first kappa shape index (κ1) is 22.5. The molecule has 29 heavy (non-hydrogen) atoms. The van der Waals surface area contributed by atoms with Crippen LogP contribution in [0.1, 0.15) is 43.4 Å². The number of rotatable bonds is 10. The fraction of sp³-hybridized carbons (Fsp3) is 0.417. The number of ether oxygens (including phenoxy) is 1. The van der Waals surface area contributed by atoms with E-state index in [1.165, 1.54) is 0 Å². The van der Waals surface area contributed by atoms with Gasteiger partial charge in [0.15, 0.2) is 6.61 Å². The Labute approximate surface area is 174 Å². The van der Waals surface area contributed by atoms with Gasteiger partial charge in [-0.25, -0.2) is 0 Å². The molecule has 5 nitrogen and oxygen atoms in total. The van der Waals surface area contributed by atoms with E-state index in [2.05, 4.69) is 5.32 Å². The molecule has 5 heteroatoms. The first-order valence-corrected chi connectivity index (χ1v) is 10.3. The van der Waals surface area contributed by atoms with Gasteiger partial charge in [-0.2, -0.15) is 0 Å². The van der Waals surface area contributed by atoms with Crippen molar-refractivity contribution in [1.82, 2.24) is 10.2 Å². The van der Waals surface area contributed by atoms with Gasteiger partial charge in [0, 0.05) is 13.1 Å². The van der Waals surface area contributed by atoms with Crippen LogP contribution in [-0.2, 0) is 16.1 Å². The monoisotopic (exact) mass is 396 g/mol. The maximum atomic E-state index is 13.1. The smallest absolute Gasteiger partial charge is 0.261 e. The first-order valence-electron chi connectivity index (χ1n) is 10.3. The number of carbonyl (C=O) groups is 2. The summed E-state index contributed by atoms with van der Waals surface area (Å²) in [5.41, 5.74) is 3.21. The lowest BCUT2D eigenvalue weighted by Crippen LogP contribution is -2.50. The quantitative estimate of drug-likeness (QED) is 0.660. The van der Waals surface area contributed by atoms with E-state index in [0.29, 0.717) is 25.3 Å². The predicted octanol–water partition coefficient (Wildman–Crippen LogP) is 4.02. The molecule has 0 saturated heterocycles. The Kier molecular flexibility index (Phi) is 8.71. The zero-order chi connectivity index (χ0) is 21.2. The van der Waals surface area contributed by atoms with E-state index in [-0.39, 0.29) is 18.4 Å². The highest BCUT2D eigenvalue weighted by Gasteiger charge is 2.28. The molecule has 2 amide bonds. The highest BCUT2D eigenvalue weighted by atomic mass is 16.5. The van der Waals surface area contributed by atoms with E-state index in [9.17, 15) is 9.59 Å². The number of carbonyl (C=O) groups excluding carboxylic acids is 2. The van der Waals surface area contributed by atoms with Gasteiger partial charge in [0.1, 0.15) is 11.8 Å². The lowest BCUT2D eigenvalue weighted by molar-refractivity contribution is -0.143. The van der Waals surface area contributed by atoms with E-state index in [0.717, 1.165) is 23.1 Å². The third kappa shape index (κ3) is 6.93. The van der Waals surface area contributed by atoms with Crippen LogP contribution in [0.3, 0.4) is 0 Å². The Morgan fingerprint density at radius 3 is 2.38 bits per heavy atom. The maximum absolute atomic E-state index is 13.1. The zero-order valence-corrected chi connectivity index (χ0v) is 17.9. The zero-order valence-electron chi connectivity index (χ0n) is 17.9. The van der Waals surface area contributed by atoms with Crippen LogP contribution in [0.5, 0.6) is 5.75 Å². The Balaban J connectivity index is 2.17. The summed E-state index contributed by atoms with van der Waals surface area (Å²) in [6.07, 6.45) is 1.39. The first-order chi connectivity index (χ1) is 13.9. The van der Waals surface area contributed by atoms with Crippen LogP contribution in [-0.4, -0.2) is 35.9 Å². The topological polar surface area (TPSA) is 58.6 Å². The number of nitrogens with one attached hydrogen (secondary N) is 1. The molecule has 156 valence electrons. The van der Waals surface area contributed by atoms with Crippen LogP contribution in [0.4, 0.5) is 0 Å². The van der Waals surface area contributed by atoms with Crippen LogP contribution in [0.15, 0.2) is 48.5 Å². The minimum atomic E-state index is -0.531. The SMILES string of the molecule is CCCNC(=O)[C@H](CC)N(Cc1ccc(C)cc1)C(=O)COc1cccc(C)c1. The fourth-order valence-electron chi connectivity index (χ4n) is 3.11. The van der Waals surface area contributed by atoms with E-state index in [4.69, 9.17) is 4.74 Å². The summed E-state index contributed by atoms with van der Waals surface area (Å²) in [7, 11) is 0. The van der Waals surface area contributed by atoms with Crippen LogP contribution in [0, 0.1) is 13.8 Å². The van der Waals surface area contributed by atoms with Gasteiger partial charge in [0.05, 0.1) is 0 Å². The molecule has 0 saturated carbocycles. The van der Waals surface area contributed by atoms with Gasteiger partial charge in [0.25, 0.3) is 5.91 Å². The largest absolute Gasteiger partial charge is 0.484 e. The standard InChI is InChI=1S/C24H32N2O3/c1-5-14-25-24(28)22(6-2)26(16-20-12-10-18(3)11-13-20)23(27)17-29-21-9-7-8-19(4)15-21/h7-13,15,22H,5-6,14,16-17H2,1-4H3,(H,25,28)/t22-/m0/s1. The van der Waals surface area contributed by atoms with Crippen molar-refractivity contribution in [2.24, 2.45) is 0 Å². The summed E-state index contributed by atoms with van der Waals surface area (Å²) in [6, 6.07) is 15.1. The third-order valence-electron chi connectivity index (χ3n) is 4.76. The third-order valence-corrected chi connectivity index (χ3v) is 4.76. The summed E-state index contributed by atoms with van der Waals surface area (Å²) >= 11 is 0. The molecule has 0 bridgehead atoms. The van der Waals surface area contributed by atoms with Gasteiger partial charge in [0.2, 0.25) is 5.91 Å². The molecule has 1 N–H and O–H groups in total. The van der Waals surface area contributed by atoms with Crippen molar-refractivity contribution in [3.63, 3.8) is 0 Å². The Hall–Kier alpha value is -2.82. The van der Waals surface area contributed by atoms with Gasteiger partial charge < -0.3 is 15.0 Å². The molecule has 2 aromatic carbocycles. The molecule has 0 unspecified atom stereocenters. The molecule has 0 fully saturated rings. The molecule has 2 rings (SSSR count). The highest BCUT2D eigenvalue weighted by molar-refractivity contribution is 5.88. The van der Waals surface area contributed by atoms with Crippen molar-refractivity contribution in [2.75, 3.05) is 13.2 Å². The highest BCUT2D eigenvalue weighted by Crippen LogP contribution is 2.16. The van der Waals surface area contributed by atoms with Crippen molar-refractivity contribution in [3.8, 4) is 5.75 Å². The number of amides is 2. The van der Waals surface area contributed by atoms with Gasteiger partial charge in [-0.15, -0.1) is 0 Å². The molecular weight excluding hydrogens is 364 g/mol. The van der Waals surface area contributed by atoms with Gasteiger partial charge in [-0.05, 0) is 49.9 Å². The number of benzene rings is 2. The minimum Gasteiger partial charge on any atom is -0.484 e. The Morgan fingerprint density at radius 1 is 1.03 bits per heavy atom. The average Bonchev–Trinajstić information content (AvgIpc) is 2.71. The average molecular weight is 397 g/mol. The molecule has 1 atom stereocenters. The van der Waals surface area contributed by atoms with Crippen molar-refractivity contribution in [1.29, 1.82) is 0 Å². The maximum Gasteiger partial charge on any atom is 0.261 e. The normalized spacial score (nSPS) is 11.6. The fourth-order valence-corrected chi connectivity index (χ4v) is 3.11. The summed E-state index contributed by atoms with van der Waals surface area (Å²) in [4.78, 5) is 27.4. The van der Waals surface area contributed by atoms with Crippen LogP contribution < -0.4 is 10.1 Å². The summed E-state index contributed by atoms with van der Waals surface area (Å²) in [5, 5.41) is 2.92. The molecule has 0 heterocycles. The van der Waals surface area contributed by atoms with Crippen molar-refractivity contribution in [2.45, 2.75) is 53.1 Å². The van der Waals surface area contributed by atoms with Crippen LogP contribution >= 0.6 is 0 Å². The Morgan fingerprint density at radius 2 is 1.76 bits per heavy atom. The summed E-state index contributed by atoms with van der Waals surface area (Å²) in [6.45, 7) is 8.79. The molecule has 0 aliphatic heterocycles. The number of aryl methyl sites for hydroxylation is 2. The van der Waals surface area contributed by atoms with E-state index in [1.807, 2.05) is 76.2 Å². The molecule has 0 aliphatic carbocycles. The van der Waals surface area contributed by atoms with E-state index in [1.54, 1.807) is 4.90 Å². The summed E-state index contributed by atoms with van der Waals surface area (Å²) in [5.74, 6) is 0.327. The second-order valence-corrected chi connectivity index (χ2v) is 7.33. The van der Waals surface area contributed by atoms with Gasteiger partial charge in [-0.1, -0.05) is 55.8 Å². The predicted molar refractivity (Wildman–Crippen MR) is 116 cm³/mol. The van der Waals surface area contributed by atoms with E-state index >= 15 is 0 Å². The molecule has 0 spiro atoms. The van der Waals surface area contributed by atoms with Gasteiger partial charge in [-0.3, -0.25) is 9.59 Å². The lowest BCUT2D eigenvalue weighted by Gasteiger charge is -2.30. The van der Waals surface area contributed by atoms with Crippen molar-refractivity contribution in [3.05, 3.63) is 65.2 Å². The molecule has 2 aromatic rings. The molecule has 0 aromatic heterocycles. The molecule has 0 aliphatic rings. The number of hydrogen-bond donors (Lipinski definition) is 1. The van der Waals surface area contributed by atoms with Crippen LogP contribution in [0.2, 0.25) is 0 Å². The number of nitrogens with zero attached hydrogens (tertiary/aromatic N) is 1.